The third-order valence-corrected chi connectivity index (χ3v) is 4.93. The topological polar surface area (TPSA) is 131 Å². The maximum atomic E-state index is 12.7. The van der Waals surface area contributed by atoms with Crippen LogP contribution in [-0.4, -0.2) is 48.2 Å². The first-order chi connectivity index (χ1) is 11.9. The van der Waals surface area contributed by atoms with Crippen LogP contribution in [0.4, 0.5) is 4.79 Å². The number of benzene rings is 1. The minimum Gasteiger partial charge on any atom is -0.465 e. The van der Waals surface area contributed by atoms with Crippen LogP contribution in [0, 0.1) is 3.57 Å². The van der Waals surface area contributed by atoms with Crippen molar-refractivity contribution in [2.75, 3.05) is 13.2 Å². The molecule has 1 aliphatic rings. The Kier molecular flexibility index (Phi) is 6.73. The standard InChI is InChI=1S/C16H20IN3O5/c17-11-3-1-10(2-4-11)13(18)12(9-21)19-14(22)16(20-15(23)24)5-7-25-8-6-16/h1-4,9,12-13,20H,5-8,18H2,(H,19,22)(H,23,24). The second-order valence-electron chi connectivity index (χ2n) is 5.84. The van der Waals surface area contributed by atoms with Crippen LogP contribution < -0.4 is 16.4 Å². The molecule has 2 atom stereocenters. The summed E-state index contributed by atoms with van der Waals surface area (Å²) in [6.07, 6.45) is -0.360. The fraction of sp³-hybridized carbons (Fsp3) is 0.438. The molecule has 2 amide bonds. The molecule has 0 spiro atoms. The number of halogens is 1. The van der Waals surface area contributed by atoms with E-state index in [4.69, 9.17) is 15.6 Å². The molecule has 0 bridgehead atoms. The van der Waals surface area contributed by atoms with Gasteiger partial charge in [-0.3, -0.25) is 4.79 Å². The highest BCUT2D eigenvalue weighted by Crippen LogP contribution is 2.22. The van der Waals surface area contributed by atoms with Crippen LogP contribution in [0.2, 0.25) is 0 Å². The van der Waals surface area contributed by atoms with Gasteiger partial charge in [-0.25, -0.2) is 4.79 Å². The van der Waals surface area contributed by atoms with Gasteiger partial charge in [-0.1, -0.05) is 12.1 Å². The Hall–Kier alpha value is -1.72. The number of carbonyl (C=O) groups excluding carboxylic acids is 2. The van der Waals surface area contributed by atoms with Gasteiger partial charge in [0.1, 0.15) is 17.9 Å². The van der Waals surface area contributed by atoms with Crippen molar-refractivity contribution in [2.24, 2.45) is 5.73 Å². The molecule has 5 N–H and O–H groups in total. The van der Waals surface area contributed by atoms with Crippen molar-refractivity contribution in [1.29, 1.82) is 0 Å². The van der Waals surface area contributed by atoms with E-state index in [1.807, 2.05) is 12.1 Å². The molecule has 136 valence electrons. The molecule has 8 nitrogen and oxygen atoms in total. The van der Waals surface area contributed by atoms with Crippen LogP contribution in [-0.2, 0) is 14.3 Å². The zero-order valence-electron chi connectivity index (χ0n) is 13.4. The van der Waals surface area contributed by atoms with Crippen molar-refractivity contribution < 1.29 is 24.2 Å². The maximum absolute atomic E-state index is 12.7. The molecule has 1 heterocycles. The molecular formula is C16H20IN3O5. The van der Waals surface area contributed by atoms with Gasteiger partial charge in [0.2, 0.25) is 5.91 Å². The SMILES string of the molecule is NC(c1ccc(I)cc1)C(C=O)NC(=O)C1(NC(=O)O)CCOCC1. The van der Waals surface area contributed by atoms with Gasteiger partial charge in [0.05, 0.1) is 6.04 Å². The lowest BCUT2D eigenvalue weighted by atomic mass is 9.88. The van der Waals surface area contributed by atoms with Gasteiger partial charge in [0, 0.05) is 29.6 Å². The number of nitrogens with one attached hydrogen (secondary N) is 2. The molecule has 0 aromatic heterocycles. The molecule has 1 saturated heterocycles. The van der Waals surface area contributed by atoms with Crippen molar-refractivity contribution in [3.63, 3.8) is 0 Å². The number of aldehydes is 1. The second-order valence-corrected chi connectivity index (χ2v) is 7.08. The van der Waals surface area contributed by atoms with E-state index in [2.05, 4.69) is 33.2 Å². The fourth-order valence-corrected chi connectivity index (χ4v) is 3.08. The van der Waals surface area contributed by atoms with Crippen LogP contribution in [0.5, 0.6) is 0 Å². The summed E-state index contributed by atoms with van der Waals surface area (Å²) in [6, 6.07) is 5.57. The summed E-state index contributed by atoms with van der Waals surface area (Å²) in [7, 11) is 0. The van der Waals surface area contributed by atoms with Crippen molar-refractivity contribution in [1.82, 2.24) is 10.6 Å². The molecule has 1 fully saturated rings. The minimum absolute atomic E-state index is 0.190. The maximum Gasteiger partial charge on any atom is 0.405 e. The van der Waals surface area contributed by atoms with Crippen molar-refractivity contribution in [3.05, 3.63) is 33.4 Å². The lowest BCUT2D eigenvalue weighted by Crippen LogP contribution is -2.63. The molecule has 1 aromatic rings. The summed E-state index contributed by atoms with van der Waals surface area (Å²) in [5.74, 6) is -0.573. The smallest absolute Gasteiger partial charge is 0.405 e. The zero-order valence-corrected chi connectivity index (χ0v) is 15.6. The van der Waals surface area contributed by atoms with E-state index in [1.165, 1.54) is 0 Å². The number of hydrogen-bond acceptors (Lipinski definition) is 5. The summed E-state index contributed by atoms with van der Waals surface area (Å²) in [5, 5.41) is 13.9. The average molecular weight is 461 g/mol. The Morgan fingerprint density at radius 2 is 1.88 bits per heavy atom. The van der Waals surface area contributed by atoms with E-state index < -0.39 is 29.6 Å². The highest BCUT2D eigenvalue weighted by Gasteiger charge is 2.42. The molecule has 2 unspecified atom stereocenters. The Labute approximate surface area is 158 Å². The number of rotatable bonds is 6. The van der Waals surface area contributed by atoms with Crippen LogP contribution in [0.15, 0.2) is 24.3 Å². The highest BCUT2D eigenvalue weighted by molar-refractivity contribution is 14.1. The first-order valence-electron chi connectivity index (χ1n) is 7.74. The van der Waals surface area contributed by atoms with E-state index in [0.717, 1.165) is 3.57 Å². The number of ether oxygens (including phenoxy) is 1. The first kappa shape index (κ1) is 19.6. The van der Waals surface area contributed by atoms with E-state index in [9.17, 15) is 14.4 Å². The first-order valence-corrected chi connectivity index (χ1v) is 8.82. The number of amides is 2. The predicted molar refractivity (Wildman–Crippen MR) is 98.0 cm³/mol. The largest absolute Gasteiger partial charge is 0.465 e. The summed E-state index contributed by atoms with van der Waals surface area (Å²) >= 11 is 2.15. The van der Waals surface area contributed by atoms with Gasteiger partial charge in [-0.15, -0.1) is 0 Å². The van der Waals surface area contributed by atoms with Crippen molar-refractivity contribution >= 4 is 40.9 Å². The number of carboxylic acid groups (broad SMARTS) is 1. The Morgan fingerprint density at radius 3 is 2.40 bits per heavy atom. The molecule has 1 aromatic carbocycles. The zero-order chi connectivity index (χ0) is 18.4. The summed E-state index contributed by atoms with van der Waals surface area (Å²) < 4.78 is 6.23. The molecule has 25 heavy (non-hydrogen) atoms. The van der Waals surface area contributed by atoms with Gasteiger partial charge in [0.15, 0.2) is 0 Å². The highest BCUT2D eigenvalue weighted by atomic mass is 127. The molecule has 0 radical (unpaired) electrons. The van der Waals surface area contributed by atoms with Crippen LogP contribution >= 0.6 is 22.6 Å². The van der Waals surface area contributed by atoms with E-state index in [-0.39, 0.29) is 26.1 Å². The molecule has 2 rings (SSSR count). The number of hydrogen-bond donors (Lipinski definition) is 4. The van der Waals surface area contributed by atoms with Crippen molar-refractivity contribution in [2.45, 2.75) is 30.5 Å². The molecule has 0 aliphatic carbocycles. The van der Waals surface area contributed by atoms with Crippen molar-refractivity contribution in [3.8, 4) is 0 Å². The quantitative estimate of drug-likeness (QED) is 0.366. The van der Waals surface area contributed by atoms with Gasteiger partial charge in [-0.2, -0.15) is 0 Å². The molecule has 0 saturated carbocycles. The Morgan fingerprint density at radius 1 is 1.28 bits per heavy atom. The summed E-state index contributed by atoms with van der Waals surface area (Å²) in [5.41, 5.74) is 5.49. The van der Waals surface area contributed by atoms with Gasteiger partial charge in [-0.05, 0) is 40.3 Å². The lowest BCUT2D eigenvalue weighted by molar-refractivity contribution is -0.133. The van der Waals surface area contributed by atoms with E-state index in [0.29, 0.717) is 11.8 Å². The lowest BCUT2D eigenvalue weighted by Gasteiger charge is -2.36. The number of carbonyl (C=O) groups is 3. The average Bonchev–Trinajstić information content (AvgIpc) is 2.59. The summed E-state index contributed by atoms with van der Waals surface area (Å²) in [6.45, 7) is 0.505. The third-order valence-electron chi connectivity index (χ3n) is 4.21. The predicted octanol–water partition coefficient (Wildman–Crippen LogP) is 0.791. The minimum atomic E-state index is -1.32. The normalized spacial score (nSPS) is 18.6. The van der Waals surface area contributed by atoms with E-state index in [1.54, 1.807) is 12.1 Å². The Balaban J connectivity index is 2.15. The third kappa shape index (κ3) is 4.89. The monoisotopic (exact) mass is 461 g/mol. The molecule has 1 aliphatic heterocycles. The van der Waals surface area contributed by atoms with Gasteiger partial charge >= 0.3 is 6.09 Å². The van der Waals surface area contributed by atoms with Gasteiger partial charge < -0.3 is 31.0 Å². The van der Waals surface area contributed by atoms with Crippen LogP contribution in [0.1, 0.15) is 24.4 Å². The van der Waals surface area contributed by atoms with Gasteiger partial charge in [0.25, 0.3) is 0 Å². The van der Waals surface area contributed by atoms with E-state index >= 15 is 0 Å². The van der Waals surface area contributed by atoms with Crippen LogP contribution in [0.25, 0.3) is 0 Å². The van der Waals surface area contributed by atoms with Crippen LogP contribution in [0.3, 0.4) is 0 Å². The number of nitrogens with two attached hydrogens (primary N) is 1. The molecule has 9 heteroatoms. The Bertz CT molecular complexity index is 631. The molecular weight excluding hydrogens is 441 g/mol. The summed E-state index contributed by atoms with van der Waals surface area (Å²) in [4.78, 5) is 35.3. The fourth-order valence-electron chi connectivity index (χ4n) is 2.72. The second kappa shape index (κ2) is 8.59.